The molecule has 1 aromatic carbocycles. The average molecular weight is 664 g/mol. The van der Waals surface area contributed by atoms with Gasteiger partial charge in [0.15, 0.2) is 11.8 Å². The molecule has 0 saturated carbocycles. The molecule has 0 spiro atoms. The van der Waals surface area contributed by atoms with Gasteiger partial charge in [-0.15, -0.1) is 11.3 Å². The van der Waals surface area contributed by atoms with Crippen molar-refractivity contribution in [2.75, 3.05) is 13.1 Å². The molecule has 6 heterocycles. The Kier molecular flexibility index (Phi) is 10.7. The molecule has 46 heavy (non-hydrogen) atoms. The van der Waals surface area contributed by atoms with E-state index < -0.39 is 11.9 Å². The van der Waals surface area contributed by atoms with Crippen molar-refractivity contribution in [1.29, 1.82) is 0 Å². The molecule has 4 aromatic heterocycles. The number of alkyl halides is 3. The third kappa shape index (κ3) is 7.89. The molecule has 1 N–H and O–H groups in total. The van der Waals surface area contributed by atoms with Crippen LogP contribution in [0, 0.1) is 6.92 Å². The number of aromatic amines is 1. The smallest absolute Gasteiger partial charge is 0.137 e. The van der Waals surface area contributed by atoms with E-state index in [4.69, 9.17) is 9.82 Å². The van der Waals surface area contributed by atoms with E-state index in [-0.39, 0.29) is 54.0 Å². The molecule has 236 valence electrons. The van der Waals surface area contributed by atoms with Crippen molar-refractivity contribution in [2.24, 2.45) is 5.16 Å². The van der Waals surface area contributed by atoms with Crippen LogP contribution in [0.4, 0.5) is 13.2 Å². The Hall–Kier alpha value is -3.93. The number of H-pyrrole nitrogens is 1. The maximum Gasteiger partial charge on any atom is 0.137 e. The van der Waals surface area contributed by atoms with Crippen LogP contribution in [0.5, 0.6) is 0 Å². The van der Waals surface area contributed by atoms with E-state index in [1.165, 1.54) is 25.9 Å². The summed E-state index contributed by atoms with van der Waals surface area (Å²) < 4.78 is 41.6. The van der Waals surface area contributed by atoms with Crippen LogP contribution in [-0.2, 0) is 22.4 Å². The Morgan fingerprint density at radius 1 is 1.15 bits per heavy atom. The summed E-state index contributed by atoms with van der Waals surface area (Å²) in [6.45, 7) is 2.33. The summed E-state index contributed by atoms with van der Waals surface area (Å²) in [4.78, 5) is 32.6. The zero-order valence-electron chi connectivity index (χ0n) is 24.0. The van der Waals surface area contributed by atoms with E-state index in [1.807, 2.05) is 29.6 Å². The molecule has 13 nitrogen and oxygen atoms in total. The molecular formula is C28H29F3N11NaO2S. The van der Waals surface area contributed by atoms with Crippen LogP contribution in [0.2, 0.25) is 0 Å². The quantitative estimate of drug-likeness (QED) is 0.271. The number of rotatable bonds is 6. The number of piperidine rings is 1. The van der Waals surface area contributed by atoms with Crippen LogP contribution in [0.15, 0.2) is 66.2 Å². The Morgan fingerprint density at radius 2 is 1.98 bits per heavy atom. The Labute approximate surface area is 287 Å². The monoisotopic (exact) mass is 663 g/mol. The minimum Gasteiger partial charge on any atom is -0.266 e. The summed E-state index contributed by atoms with van der Waals surface area (Å²) in [6, 6.07) is 8.85. The summed E-state index contributed by atoms with van der Waals surface area (Å²) >= 11 is 1.57. The summed E-state index contributed by atoms with van der Waals surface area (Å²) in [5.41, 5.74) is 2.77. The molecule has 2 aliphatic heterocycles. The van der Waals surface area contributed by atoms with E-state index in [0.717, 1.165) is 51.3 Å². The van der Waals surface area contributed by atoms with Gasteiger partial charge in [0.2, 0.25) is 5.91 Å². The minimum absolute atomic E-state index is 0. The second kappa shape index (κ2) is 14.7. The van der Waals surface area contributed by atoms with E-state index in [1.54, 1.807) is 27.2 Å². The van der Waals surface area contributed by atoms with Crippen LogP contribution < -0.4 is 0 Å². The maximum absolute atomic E-state index is 12.9. The SMILES string of the molecule is Cc1cc(C(F)(F)F)nn1CC(=O)N1CCC(c2nc(C3=NOC(c4cccc(-n5cncn5)c4)C3)cs2)CC1.[NaH].c1nc[nH]n1. The van der Waals surface area contributed by atoms with Gasteiger partial charge >= 0.3 is 35.7 Å². The molecule has 1 unspecified atom stereocenters. The number of hydrogen-bond donors (Lipinski definition) is 1. The molecule has 0 aliphatic carbocycles. The van der Waals surface area contributed by atoms with Crippen LogP contribution in [0.25, 0.3) is 5.69 Å². The van der Waals surface area contributed by atoms with Gasteiger partial charge in [0.05, 0.1) is 16.4 Å². The third-order valence-corrected chi connectivity index (χ3v) is 8.50. The second-order valence-corrected chi connectivity index (χ2v) is 11.4. The normalized spacial score (nSPS) is 16.7. The van der Waals surface area contributed by atoms with E-state index in [0.29, 0.717) is 25.2 Å². The molecule has 0 radical (unpaired) electrons. The van der Waals surface area contributed by atoms with Crippen molar-refractivity contribution in [3.05, 3.63) is 88.7 Å². The molecule has 18 heteroatoms. The Morgan fingerprint density at radius 3 is 2.63 bits per heavy atom. The van der Waals surface area contributed by atoms with Crippen LogP contribution >= 0.6 is 11.3 Å². The number of halogens is 3. The Balaban J connectivity index is 0.000000635. The summed E-state index contributed by atoms with van der Waals surface area (Å²) in [7, 11) is 0. The first-order valence-electron chi connectivity index (χ1n) is 14.1. The zero-order chi connectivity index (χ0) is 31.4. The number of benzene rings is 1. The third-order valence-electron chi connectivity index (χ3n) is 7.50. The van der Waals surface area contributed by atoms with Crippen LogP contribution in [0.1, 0.15) is 58.9 Å². The van der Waals surface area contributed by atoms with Gasteiger partial charge in [0.1, 0.15) is 37.6 Å². The van der Waals surface area contributed by atoms with Gasteiger partial charge in [-0.3, -0.25) is 14.6 Å². The van der Waals surface area contributed by atoms with Crippen molar-refractivity contribution < 1.29 is 22.8 Å². The van der Waals surface area contributed by atoms with E-state index in [2.05, 4.69) is 35.5 Å². The van der Waals surface area contributed by atoms with Gasteiger partial charge in [-0.2, -0.15) is 28.5 Å². The van der Waals surface area contributed by atoms with Gasteiger partial charge in [0, 0.05) is 36.5 Å². The number of oxime groups is 1. The summed E-state index contributed by atoms with van der Waals surface area (Å²) in [5.74, 6) is -0.0428. The van der Waals surface area contributed by atoms with Crippen molar-refractivity contribution in [3.8, 4) is 5.69 Å². The number of aromatic nitrogens is 9. The number of carbonyl (C=O) groups excluding carboxylic acids is 1. The maximum atomic E-state index is 12.9. The van der Waals surface area contributed by atoms with Crippen molar-refractivity contribution in [3.63, 3.8) is 0 Å². The molecule has 2 aliphatic rings. The van der Waals surface area contributed by atoms with Gasteiger partial charge in [-0.05, 0) is 43.5 Å². The molecule has 0 bridgehead atoms. The molecule has 1 atom stereocenters. The number of aryl methyl sites for hydroxylation is 1. The van der Waals surface area contributed by atoms with Crippen molar-refractivity contribution in [1.82, 2.24) is 49.6 Å². The van der Waals surface area contributed by atoms with Gasteiger partial charge < -0.3 is 9.74 Å². The summed E-state index contributed by atoms with van der Waals surface area (Å²) in [6.07, 6.45) is 3.38. The fraction of sp³-hybridized carbons (Fsp3) is 0.357. The minimum atomic E-state index is -4.54. The number of likely N-dealkylation sites (tertiary alicyclic amines) is 1. The predicted molar refractivity (Wildman–Crippen MR) is 163 cm³/mol. The number of amides is 1. The standard InChI is InChI=1S/C26H25F3N8O2S.C2H3N3.Na.H/c1-16-9-23(26(27,28)29)33-36(16)12-24(38)35-7-5-17(6-8-35)25-32-21(13-40-25)20-11-22(39-34-20)18-3-2-4-19(10-18)37-15-30-14-31-37;1-3-2-5-4-1;;/h2-4,9-10,13-15,17,22H,5-8,11-12H2,1H3;1-2H,(H,3,4,5);;. The molecule has 7 rings (SSSR count). The number of hydrogen-bond acceptors (Lipinski definition) is 10. The fourth-order valence-electron chi connectivity index (χ4n) is 5.10. The van der Waals surface area contributed by atoms with E-state index in [9.17, 15) is 18.0 Å². The molecule has 5 aromatic rings. The zero-order valence-corrected chi connectivity index (χ0v) is 24.8. The number of nitrogens with one attached hydrogen (secondary N) is 1. The predicted octanol–water partition coefficient (Wildman–Crippen LogP) is 3.68. The second-order valence-electron chi connectivity index (χ2n) is 10.5. The van der Waals surface area contributed by atoms with Gasteiger partial charge in [-0.25, -0.2) is 19.6 Å². The van der Waals surface area contributed by atoms with E-state index >= 15 is 0 Å². The van der Waals surface area contributed by atoms with Crippen LogP contribution in [0.3, 0.4) is 0 Å². The van der Waals surface area contributed by atoms with Crippen LogP contribution in [-0.4, -0.2) is 104 Å². The average Bonchev–Trinajstić information content (AvgIpc) is 3.88. The fourth-order valence-corrected chi connectivity index (χ4v) is 6.10. The molecule has 1 saturated heterocycles. The molecule has 1 fully saturated rings. The topological polar surface area (TPSA) is 145 Å². The van der Waals surface area contributed by atoms with Crippen molar-refractivity contribution in [2.45, 2.75) is 50.9 Å². The van der Waals surface area contributed by atoms with Gasteiger partial charge in [-0.1, -0.05) is 17.3 Å². The van der Waals surface area contributed by atoms with Crippen molar-refractivity contribution >= 4 is 52.5 Å². The number of nitrogens with zero attached hydrogens (tertiary/aromatic N) is 10. The first kappa shape index (κ1) is 33.4. The largest absolute Gasteiger partial charge is 0.266 e. The Bertz CT molecular complexity index is 1730. The number of carbonyl (C=O) groups is 1. The molecular weight excluding hydrogens is 634 g/mol. The first-order chi connectivity index (χ1) is 21.7. The van der Waals surface area contributed by atoms with Gasteiger partial charge in [0.25, 0.3) is 0 Å². The molecule has 1 amide bonds. The number of thiazole rings is 1. The summed E-state index contributed by atoms with van der Waals surface area (Å²) in [5, 5.41) is 21.0. The first-order valence-corrected chi connectivity index (χ1v) is 14.9.